The van der Waals surface area contributed by atoms with Gasteiger partial charge >= 0.3 is 0 Å². The highest BCUT2D eigenvalue weighted by molar-refractivity contribution is 14.1. The first-order chi connectivity index (χ1) is 6.63. The van der Waals surface area contributed by atoms with E-state index in [4.69, 9.17) is 23.8 Å². The molecule has 5 heteroatoms. The van der Waals surface area contributed by atoms with Gasteiger partial charge in [-0.05, 0) is 59.9 Å². The quantitative estimate of drug-likeness (QED) is 0.638. The van der Waals surface area contributed by atoms with E-state index in [1.54, 1.807) is 0 Å². The van der Waals surface area contributed by atoms with Crippen LogP contribution in [0.2, 0.25) is 5.02 Å². The molecule has 0 aromatic heterocycles. The van der Waals surface area contributed by atoms with Crippen molar-refractivity contribution in [1.82, 2.24) is 5.32 Å². The molecule has 0 aliphatic carbocycles. The van der Waals surface area contributed by atoms with Crippen LogP contribution in [0, 0.1) is 3.57 Å². The fraction of sp³-hybridized carbons (Fsp3) is 0.222. The first-order valence-corrected chi connectivity index (χ1v) is 6.00. The van der Waals surface area contributed by atoms with Crippen molar-refractivity contribution in [3.63, 3.8) is 0 Å². The molecular formula is C9H10ClIN2S. The van der Waals surface area contributed by atoms with Crippen LogP contribution in [0.3, 0.4) is 0 Å². The molecular weight excluding hydrogens is 331 g/mol. The van der Waals surface area contributed by atoms with Crippen LogP contribution >= 0.6 is 46.4 Å². The van der Waals surface area contributed by atoms with Gasteiger partial charge in [-0.15, -0.1) is 0 Å². The summed E-state index contributed by atoms with van der Waals surface area (Å²) in [6.07, 6.45) is 0. The molecule has 0 bridgehead atoms. The minimum atomic E-state index is 0.632. The van der Waals surface area contributed by atoms with E-state index < -0.39 is 0 Å². The number of hydrogen-bond donors (Lipinski definition) is 2. The summed E-state index contributed by atoms with van der Waals surface area (Å²) in [5, 5.41) is 7.48. The Balaban J connectivity index is 2.72. The standard InChI is InChI=1S/C9H10ClIN2S/c1-2-12-9(14)13-8-4-3-6(10)5-7(8)11/h3-5H,2H2,1H3,(H2,12,13,14). The van der Waals surface area contributed by atoms with Crippen LogP contribution in [0.1, 0.15) is 6.92 Å². The lowest BCUT2D eigenvalue weighted by Crippen LogP contribution is -2.28. The van der Waals surface area contributed by atoms with E-state index in [1.807, 2.05) is 25.1 Å². The number of anilines is 1. The molecule has 1 aromatic rings. The van der Waals surface area contributed by atoms with Gasteiger partial charge in [-0.25, -0.2) is 0 Å². The van der Waals surface area contributed by atoms with Gasteiger partial charge in [-0.2, -0.15) is 0 Å². The van der Waals surface area contributed by atoms with Gasteiger partial charge in [0.1, 0.15) is 0 Å². The van der Waals surface area contributed by atoms with Crippen LogP contribution in [0.5, 0.6) is 0 Å². The molecule has 2 N–H and O–H groups in total. The summed E-state index contributed by atoms with van der Waals surface area (Å²) in [6.45, 7) is 2.82. The fourth-order valence-corrected chi connectivity index (χ4v) is 2.18. The molecule has 0 saturated carbocycles. The molecule has 0 unspecified atom stereocenters. The molecule has 1 aromatic carbocycles. The molecule has 0 amide bonds. The van der Waals surface area contributed by atoms with Crippen LogP contribution in [-0.4, -0.2) is 11.7 Å². The van der Waals surface area contributed by atoms with Crippen molar-refractivity contribution in [3.05, 3.63) is 26.8 Å². The summed E-state index contributed by atoms with van der Waals surface area (Å²) < 4.78 is 1.05. The zero-order chi connectivity index (χ0) is 10.6. The van der Waals surface area contributed by atoms with Gasteiger partial charge in [0.05, 0.1) is 5.69 Å². The van der Waals surface area contributed by atoms with E-state index in [0.29, 0.717) is 5.11 Å². The number of rotatable bonds is 2. The lowest BCUT2D eigenvalue weighted by molar-refractivity contribution is 0.979. The molecule has 76 valence electrons. The SMILES string of the molecule is CCNC(=S)Nc1ccc(Cl)cc1I. The monoisotopic (exact) mass is 340 g/mol. The third-order valence-electron chi connectivity index (χ3n) is 1.52. The highest BCUT2D eigenvalue weighted by Crippen LogP contribution is 2.21. The van der Waals surface area contributed by atoms with Crippen molar-refractivity contribution >= 4 is 57.2 Å². The van der Waals surface area contributed by atoms with E-state index >= 15 is 0 Å². The molecule has 14 heavy (non-hydrogen) atoms. The van der Waals surface area contributed by atoms with E-state index in [0.717, 1.165) is 20.8 Å². The van der Waals surface area contributed by atoms with Crippen LogP contribution in [-0.2, 0) is 0 Å². The Morgan fingerprint density at radius 2 is 2.29 bits per heavy atom. The molecule has 0 spiro atoms. The van der Waals surface area contributed by atoms with Crippen LogP contribution in [0.15, 0.2) is 18.2 Å². The van der Waals surface area contributed by atoms with Crippen LogP contribution in [0.4, 0.5) is 5.69 Å². The van der Waals surface area contributed by atoms with E-state index in [1.165, 1.54) is 0 Å². The number of halogens is 2. The third-order valence-corrected chi connectivity index (χ3v) is 2.89. The average molecular weight is 341 g/mol. The van der Waals surface area contributed by atoms with Gasteiger partial charge in [0.15, 0.2) is 5.11 Å². The van der Waals surface area contributed by atoms with Crippen molar-refractivity contribution in [2.24, 2.45) is 0 Å². The molecule has 0 aliphatic rings. The zero-order valence-electron chi connectivity index (χ0n) is 7.60. The van der Waals surface area contributed by atoms with Crippen molar-refractivity contribution in [2.45, 2.75) is 6.92 Å². The first-order valence-electron chi connectivity index (χ1n) is 4.13. The summed E-state index contributed by atoms with van der Waals surface area (Å²) >= 11 is 13.1. The number of nitrogens with one attached hydrogen (secondary N) is 2. The average Bonchev–Trinajstić information content (AvgIpc) is 2.10. The highest BCUT2D eigenvalue weighted by Gasteiger charge is 2.01. The third kappa shape index (κ3) is 3.59. The molecule has 0 saturated heterocycles. The Kier molecular flexibility index (Phi) is 4.91. The maximum Gasteiger partial charge on any atom is 0.170 e. The predicted octanol–water partition coefficient (Wildman–Crippen LogP) is 3.25. The predicted molar refractivity (Wildman–Crippen MR) is 74.1 cm³/mol. The Morgan fingerprint density at radius 3 is 2.86 bits per heavy atom. The molecule has 2 nitrogen and oxygen atoms in total. The normalized spacial score (nSPS) is 9.64. The van der Waals surface area contributed by atoms with E-state index in [-0.39, 0.29) is 0 Å². The van der Waals surface area contributed by atoms with Gasteiger partial charge in [0, 0.05) is 15.1 Å². The van der Waals surface area contributed by atoms with Crippen molar-refractivity contribution in [2.75, 3.05) is 11.9 Å². The van der Waals surface area contributed by atoms with Crippen molar-refractivity contribution < 1.29 is 0 Å². The summed E-state index contributed by atoms with van der Waals surface area (Å²) in [4.78, 5) is 0. The molecule has 1 rings (SSSR count). The van der Waals surface area contributed by atoms with Crippen molar-refractivity contribution in [3.8, 4) is 0 Å². The largest absolute Gasteiger partial charge is 0.363 e. The molecule has 0 heterocycles. The maximum absolute atomic E-state index is 5.83. The van der Waals surface area contributed by atoms with E-state index in [2.05, 4.69) is 33.2 Å². The topological polar surface area (TPSA) is 24.1 Å². The second kappa shape index (κ2) is 5.72. The summed E-state index contributed by atoms with van der Waals surface area (Å²) in [7, 11) is 0. The number of thiocarbonyl (C=S) groups is 1. The second-order valence-corrected chi connectivity index (χ2v) is 4.62. The minimum absolute atomic E-state index is 0.632. The Labute approximate surface area is 108 Å². The number of hydrogen-bond acceptors (Lipinski definition) is 1. The number of benzene rings is 1. The van der Waals surface area contributed by atoms with Crippen molar-refractivity contribution in [1.29, 1.82) is 0 Å². The molecule has 0 fully saturated rings. The summed E-state index contributed by atoms with van der Waals surface area (Å²) in [6, 6.07) is 5.63. The Hall–Kier alpha value is -0.0700. The van der Waals surface area contributed by atoms with Gasteiger partial charge < -0.3 is 10.6 Å². The maximum atomic E-state index is 5.83. The van der Waals surface area contributed by atoms with Crippen LogP contribution < -0.4 is 10.6 Å². The van der Waals surface area contributed by atoms with Crippen LogP contribution in [0.25, 0.3) is 0 Å². The smallest absolute Gasteiger partial charge is 0.170 e. The second-order valence-electron chi connectivity index (χ2n) is 2.61. The lowest BCUT2D eigenvalue weighted by atomic mass is 10.3. The van der Waals surface area contributed by atoms with Gasteiger partial charge in [-0.3, -0.25) is 0 Å². The Morgan fingerprint density at radius 1 is 1.57 bits per heavy atom. The highest BCUT2D eigenvalue weighted by atomic mass is 127. The fourth-order valence-electron chi connectivity index (χ4n) is 0.918. The minimum Gasteiger partial charge on any atom is -0.363 e. The van der Waals surface area contributed by atoms with Gasteiger partial charge in [0.2, 0.25) is 0 Å². The first kappa shape index (κ1) is 12.0. The summed E-state index contributed by atoms with van der Waals surface area (Å²) in [5.41, 5.74) is 0.973. The zero-order valence-corrected chi connectivity index (χ0v) is 11.3. The van der Waals surface area contributed by atoms with Gasteiger partial charge in [0.25, 0.3) is 0 Å². The molecule has 0 radical (unpaired) electrons. The summed E-state index contributed by atoms with van der Waals surface area (Å²) in [5.74, 6) is 0. The Bertz CT molecular complexity index is 344. The molecule has 0 atom stereocenters. The molecule has 0 aliphatic heterocycles. The lowest BCUT2D eigenvalue weighted by Gasteiger charge is -2.10. The van der Waals surface area contributed by atoms with E-state index in [9.17, 15) is 0 Å². The van der Waals surface area contributed by atoms with Gasteiger partial charge in [-0.1, -0.05) is 11.6 Å².